The Morgan fingerprint density at radius 2 is 2.29 bits per heavy atom. The standard InChI is InChI=1S/C10H12N6S/c1-6-8-9(15(2)14-6)16(10(11)13-8)5-7-12-3-4-17-7/h3-4H,5H2,1-2H3,(H2,11,13). The van der Waals surface area contributed by atoms with Crippen molar-refractivity contribution in [2.24, 2.45) is 7.05 Å². The Balaban J connectivity index is 2.18. The normalized spacial score (nSPS) is 11.4. The van der Waals surface area contributed by atoms with Gasteiger partial charge in [-0.25, -0.2) is 9.97 Å². The fraction of sp³-hybridized carbons (Fsp3) is 0.300. The van der Waals surface area contributed by atoms with E-state index >= 15 is 0 Å². The molecule has 0 aliphatic heterocycles. The van der Waals surface area contributed by atoms with Crippen molar-refractivity contribution in [3.05, 3.63) is 22.3 Å². The van der Waals surface area contributed by atoms with Crippen LogP contribution in [0.1, 0.15) is 10.7 Å². The highest BCUT2D eigenvalue weighted by atomic mass is 32.1. The zero-order valence-corrected chi connectivity index (χ0v) is 10.4. The minimum Gasteiger partial charge on any atom is -0.369 e. The van der Waals surface area contributed by atoms with Crippen LogP contribution in [-0.4, -0.2) is 24.3 Å². The van der Waals surface area contributed by atoms with Crippen LogP contribution in [0.5, 0.6) is 0 Å². The van der Waals surface area contributed by atoms with Gasteiger partial charge < -0.3 is 5.73 Å². The van der Waals surface area contributed by atoms with Crippen LogP contribution in [0.2, 0.25) is 0 Å². The molecule has 0 unspecified atom stereocenters. The number of aromatic nitrogens is 5. The molecule has 0 aromatic carbocycles. The van der Waals surface area contributed by atoms with Crippen LogP contribution >= 0.6 is 11.3 Å². The largest absolute Gasteiger partial charge is 0.369 e. The van der Waals surface area contributed by atoms with Gasteiger partial charge in [0, 0.05) is 18.6 Å². The minimum absolute atomic E-state index is 0.506. The summed E-state index contributed by atoms with van der Waals surface area (Å²) in [5, 5.41) is 7.30. The lowest BCUT2D eigenvalue weighted by atomic mass is 10.4. The molecule has 6 nitrogen and oxygen atoms in total. The first-order valence-electron chi connectivity index (χ1n) is 5.20. The lowest BCUT2D eigenvalue weighted by Gasteiger charge is -2.03. The van der Waals surface area contributed by atoms with Crippen LogP contribution in [0, 0.1) is 6.92 Å². The molecule has 3 aromatic heterocycles. The second-order valence-corrected chi connectivity index (χ2v) is 4.84. The van der Waals surface area contributed by atoms with E-state index in [1.807, 2.05) is 28.6 Å². The van der Waals surface area contributed by atoms with Gasteiger partial charge in [0.25, 0.3) is 0 Å². The topological polar surface area (TPSA) is 74.6 Å². The Morgan fingerprint density at radius 3 is 3.00 bits per heavy atom. The predicted octanol–water partition coefficient (Wildman–Crippen LogP) is 1.17. The number of fused-ring (bicyclic) bond motifs is 1. The second-order valence-electron chi connectivity index (χ2n) is 3.86. The van der Waals surface area contributed by atoms with Gasteiger partial charge in [0.2, 0.25) is 5.95 Å². The number of aryl methyl sites for hydroxylation is 2. The molecule has 0 aliphatic carbocycles. The fourth-order valence-electron chi connectivity index (χ4n) is 1.97. The lowest BCUT2D eigenvalue weighted by molar-refractivity contribution is 0.724. The van der Waals surface area contributed by atoms with Crippen molar-refractivity contribution in [1.29, 1.82) is 0 Å². The molecule has 7 heteroatoms. The van der Waals surface area contributed by atoms with Gasteiger partial charge in [-0.3, -0.25) is 9.25 Å². The third-order valence-electron chi connectivity index (χ3n) is 2.70. The van der Waals surface area contributed by atoms with Crippen molar-refractivity contribution < 1.29 is 0 Å². The van der Waals surface area contributed by atoms with E-state index in [0.29, 0.717) is 12.5 Å². The minimum atomic E-state index is 0.506. The Hall–Kier alpha value is -1.89. The van der Waals surface area contributed by atoms with Gasteiger partial charge in [-0.15, -0.1) is 11.3 Å². The maximum absolute atomic E-state index is 5.94. The van der Waals surface area contributed by atoms with Gasteiger partial charge in [-0.1, -0.05) is 0 Å². The first-order chi connectivity index (χ1) is 8.16. The fourth-order valence-corrected chi connectivity index (χ4v) is 2.58. The summed E-state index contributed by atoms with van der Waals surface area (Å²) >= 11 is 1.61. The van der Waals surface area contributed by atoms with Crippen molar-refractivity contribution in [3.8, 4) is 0 Å². The number of nitrogens with zero attached hydrogens (tertiary/aromatic N) is 5. The van der Waals surface area contributed by atoms with Gasteiger partial charge in [0.05, 0.1) is 12.2 Å². The number of nitrogen functional groups attached to an aromatic ring is 1. The van der Waals surface area contributed by atoms with Gasteiger partial charge in [-0.2, -0.15) is 5.10 Å². The molecule has 0 spiro atoms. The van der Waals surface area contributed by atoms with Crippen molar-refractivity contribution in [3.63, 3.8) is 0 Å². The SMILES string of the molecule is Cc1nn(C)c2c1nc(N)n2Cc1nccs1. The van der Waals surface area contributed by atoms with Crippen LogP contribution in [0.3, 0.4) is 0 Å². The third-order valence-corrected chi connectivity index (χ3v) is 3.46. The molecule has 3 rings (SSSR count). The Bertz CT molecular complexity index is 663. The molecule has 0 saturated heterocycles. The molecule has 0 atom stereocenters. The zero-order chi connectivity index (χ0) is 12.0. The van der Waals surface area contributed by atoms with E-state index in [2.05, 4.69) is 15.1 Å². The van der Waals surface area contributed by atoms with Gasteiger partial charge in [0.15, 0.2) is 5.65 Å². The molecule has 3 heterocycles. The molecule has 2 N–H and O–H groups in total. The molecule has 0 saturated carbocycles. The summed E-state index contributed by atoms with van der Waals surface area (Å²) in [6.45, 7) is 2.57. The highest BCUT2D eigenvalue weighted by molar-refractivity contribution is 7.09. The van der Waals surface area contributed by atoms with Crippen LogP contribution in [0.25, 0.3) is 11.2 Å². The van der Waals surface area contributed by atoms with Crippen molar-refractivity contribution >= 4 is 28.4 Å². The molecule has 0 fully saturated rings. The summed E-state index contributed by atoms with van der Waals surface area (Å²) in [4.78, 5) is 8.61. The summed E-state index contributed by atoms with van der Waals surface area (Å²) in [6, 6.07) is 0. The molecule has 0 amide bonds. The van der Waals surface area contributed by atoms with Crippen LogP contribution in [0.4, 0.5) is 5.95 Å². The zero-order valence-electron chi connectivity index (χ0n) is 9.58. The third kappa shape index (κ3) is 1.50. The van der Waals surface area contributed by atoms with Gasteiger partial charge >= 0.3 is 0 Å². The molecule has 17 heavy (non-hydrogen) atoms. The number of hydrogen-bond acceptors (Lipinski definition) is 5. The van der Waals surface area contributed by atoms with Crippen LogP contribution in [0.15, 0.2) is 11.6 Å². The molecule has 3 aromatic rings. The van der Waals surface area contributed by atoms with E-state index in [1.54, 1.807) is 17.5 Å². The average Bonchev–Trinajstić information content (AvgIpc) is 2.93. The Kier molecular flexibility index (Phi) is 2.15. The van der Waals surface area contributed by atoms with E-state index in [9.17, 15) is 0 Å². The molecule has 0 aliphatic rings. The molecule has 0 radical (unpaired) electrons. The monoisotopic (exact) mass is 248 g/mol. The van der Waals surface area contributed by atoms with Crippen molar-refractivity contribution in [2.75, 3.05) is 5.73 Å². The average molecular weight is 248 g/mol. The first kappa shape index (κ1) is 10.3. The van der Waals surface area contributed by atoms with Gasteiger partial charge in [0.1, 0.15) is 10.5 Å². The molecule has 0 bridgehead atoms. The Labute approximate surface area is 102 Å². The van der Waals surface area contributed by atoms with Crippen molar-refractivity contribution in [1.82, 2.24) is 24.3 Å². The number of rotatable bonds is 2. The van der Waals surface area contributed by atoms with E-state index < -0.39 is 0 Å². The van der Waals surface area contributed by atoms with E-state index in [-0.39, 0.29) is 0 Å². The molecule has 88 valence electrons. The van der Waals surface area contributed by atoms with Crippen LogP contribution in [-0.2, 0) is 13.6 Å². The maximum atomic E-state index is 5.94. The van der Waals surface area contributed by atoms with E-state index in [0.717, 1.165) is 21.9 Å². The van der Waals surface area contributed by atoms with Gasteiger partial charge in [-0.05, 0) is 6.92 Å². The molecular formula is C10H12N6S. The second kappa shape index (κ2) is 3.56. The number of imidazole rings is 1. The number of anilines is 1. The van der Waals surface area contributed by atoms with E-state index in [4.69, 9.17) is 5.73 Å². The maximum Gasteiger partial charge on any atom is 0.202 e. The summed E-state index contributed by atoms with van der Waals surface area (Å²) in [6.07, 6.45) is 1.79. The highest BCUT2D eigenvalue weighted by Gasteiger charge is 2.16. The Morgan fingerprint density at radius 1 is 1.47 bits per heavy atom. The highest BCUT2D eigenvalue weighted by Crippen LogP contribution is 2.21. The van der Waals surface area contributed by atoms with Crippen molar-refractivity contribution in [2.45, 2.75) is 13.5 Å². The number of thiazole rings is 1. The lowest BCUT2D eigenvalue weighted by Crippen LogP contribution is -2.07. The molecular weight excluding hydrogens is 236 g/mol. The summed E-state index contributed by atoms with van der Waals surface area (Å²) in [7, 11) is 1.90. The summed E-state index contributed by atoms with van der Waals surface area (Å²) in [5.41, 5.74) is 8.64. The number of nitrogens with two attached hydrogens (primary N) is 1. The predicted molar refractivity (Wildman–Crippen MR) is 66.9 cm³/mol. The number of hydrogen-bond donors (Lipinski definition) is 1. The van der Waals surface area contributed by atoms with E-state index in [1.165, 1.54) is 0 Å². The first-order valence-corrected chi connectivity index (χ1v) is 6.08. The summed E-state index contributed by atoms with van der Waals surface area (Å²) < 4.78 is 3.75. The quantitative estimate of drug-likeness (QED) is 0.738. The van der Waals surface area contributed by atoms with Crippen LogP contribution < -0.4 is 5.73 Å². The smallest absolute Gasteiger partial charge is 0.202 e. The summed E-state index contributed by atoms with van der Waals surface area (Å²) in [5.74, 6) is 0.506.